The number of halogens is 1. The van der Waals surface area contributed by atoms with Crippen LogP contribution < -0.4 is 0 Å². The third-order valence-corrected chi connectivity index (χ3v) is 4.24. The fourth-order valence-electron chi connectivity index (χ4n) is 1.77. The van der Waals surface area contributed by atoms with Crippen LogP contribution in [0.4, 0.5) is 0 Å². The van der Waals surface area contributed by atoms with Crippen molar-refractivity contribution in [3.8, 4) is 0 Å². The van der Waals surface area contributed by atoms with Gasteiger partial charge in [-0.2, -0.15) is 0 Å². The molecular formula is C14H21BrO2. The molecule has 0 spiro atoms. The van der Waals surface area contributed by atoms with E-state index in [0.717, 1.165) is 18.2 Å². The van der Waals surface area contributed by atoms with E-state index in [0.29, 0.717) is 6.42 Å². The van der Waals surface area contributed by atoms with Gasteiger partial charge in [-0.25, -0.2) is 0 Å². The average Bonchev–Trinajstić information content (AvgIpc) is 2.37. The summed E-state index contributed by atoms with van der Waals surface area (Å²) in [5.74, 6) is 0. The van der Waals surface area contributed by atoms with Crippen molar-refractivity contribution in [3.63, 3.8) is 0 Å². The van der Waals surface area contributed by atoms with Gasteiger partial charge in [0.1, 0.15) is 0 Å². The highest BCUT2D eigenvalue weighted by molar-refractivity contribution is 9.09. The van der Waals surface area contributed by atoms with Crippen LogP contribution in [0.1, 0.15) is 25.3 Å². The molecule has 0 fully saturated rings. The summed E-state index contributed by atoms with van der Waals surface area (Å²) in [5.41, 5.74) is 0.986. The summed E-state index contributed by atoms with van der Waals surface area (Å²) in [5, 5.41) is 10.7. The van der Waals surface area contributed by atoms with Gasteiger partial charge in [-0.1, -0.05) is 46.3 Å². The van der Waals surface area contributed by atoms with Gasteiger partial charge in [0.25, 0.3) is 0 Å². The van der Waals surface area contributed by atoms with Crippen LogP contribution in [-0.2, 0) is 11.2 Å². The van der Waals surface area contributed by atoms with Crippen molar-refractivity contribution in [3.05, 3.63) is 35.9 Å². The van der Waals surface area contributed by atoms with Crippen LogP contribution in [0.25, 0.3) is 0 Å². The van der Waals surface area contributed by atoms with Crippen LogP contribution in [0.15, 0.2) is 30.3 Å². The minimum absolute atomic E-state index is 0.282. The highest BCUT2D eigenvalue weighted by Crippen LogP contribution is 2.21. The Kier molecular flexibility index (Phi) is 6.17. The Balaban J connectivity index is 2.37. The maximum Gasteiger partial charge on any atom is 0.0771 e. The minimum Gasteiger partial charge on any atom is -0.393 e. The van der Waals surface area contributed by atoms with Crippen molar-refractivity contribution >= 4 is 15.9 Å². The summed E-state index contributed by atoms with van der Waals surface area (Å²) in [6.07, 6.45) is 2.01. The molecule has 1 aromatic rings. The Morgan fingerprint density at radius 2 is 2.00 bits per heavy atom. The Hall–Kier alpha value is -0.380. The first-order valence-corrected chi connectivity index (χ1v) is 7.05. The molecule has 0 saturated carbocycles. The van der Waals surface area contributed by atoms with Crippen LogP contribution in [0, 0.1) is 0 Å². The van der Waals surface area contributed by atoms with Crippen molar-refractivity contribution in [2.75, 3.05) is 12.4 Å². The normalized spacial score (nSPS) is 16.5. The fraction of sp³-hybridized carbons (Fsp3) is 0.571. The van der Waals surface area contributed by atoms with Gasteiger partial charge in [0.05, 0.1) is 11.7 Å². The predicted molar refractivity (Wildman–Crippen MR) is 74.6 cm³/mol. The molecule has 0 radical (unpaired) electrons. The summed E-state index contributed by atoms with van der Waals surface area (Å²) >= 11 is 3.42. The number of hydrogen-bond donors (Lipinski definition) is 1. The molecular weight excluding hydrogens is 280 g/mol. The third-order valence-electron chi connectivity index (χ3n) is 3.05. The van der Waals surface area contributed by atoms with Crippen molar-refractivity contribution in [1.82, 2.24) is 0 Å². The first kappa shape index (κ1) is 14.7. The molecule has 0 saturated heterocycles. The van der Waals surface area contributed by atoms with E-state index in [4.69, 9.17) is 4.74 Å². The third kappa shape index (κ3) is 5.19. The van der Waals surface area contributed by atoms with Crippen molar-refractivity contribution in [2.45, 2.75) is 37.9 Å². The summed E-state index contributed by atoms with van der Waals surface area (Å²) in [6.45, 7) is 2.01. The molecule has 0 bridgehead atoms. The smallest absolute Gasteiger partial charge is 0.0771 e. The van der Waals surface area contributed by atoms with Gasteiger partial charge in [-0.05, 0) is 25.3 Å². The predicted octanol–water partition coefficient (Wildman–Crippen LogP) is 3.17. The molecule has 0 heterocycles. The molecule has 96 valence electrons. The maximum absolute atomic E-state index is 10.0. The van der Waals surface area contributed by atoms with E-state index in [1.54, 1.807) is 7.11 Å². The van der Waals surface area contributed by atoms with E-state index in [1.165, 1.54) is 5.56 Å². The largest absolute Gasteiger partial charge is 0.393 e. The molecule has 1 aromatic carbocycles. The highest BCUT2D eigenvalue weighted by Gasteiger charge is 2.25. The Labute approximate surface area is 112 Å². The molecule has 17 heavy (non-hydrogen) atoms. The standard InChI is InChI=1S/C14H21BrO2/c1-14(11-15,17-2)10-13(16)9-8-12-6-4-3-5-7-12/h3-7,13,16H,8-11H2,1-2H3/t13-,14-/m1/s1. The first-order chi connectivity index (χ1) is 8.09. The van der Waals surface area contributed by atoms with E-state index >= 15 is 0 Å². The lowest BCUT2D eigenvalue weighted by molar-refractivity contribution is -0.0165. The van der Waals surface area contributed by atoms with Crippen molar-refractivity contribution in [1.29, 1.82) is 0 Å². The summed E-state index contributed by atoms with van der Waals surface area (Å²) in [4.78, 5) is 0. The Bertz CT molecular complexity index is 309. The van der Waals surface area contributed by atoms with Crippen LogP contribution in [0.3, 0.4) is 0 Å². The molecule has 0 aliphatic carbocycles. The van der Waals surface area contributed by atoms with Crippen LogP contribution in [0.5, 0.6) is 0 Å². The first-order valence-electron chi connectivity index (χ1n) is 5.93. The number of aryl methyl sites for hydroxylation is 1. The molecule has 1 rings (SSSR count). The zero-order valence-electron chi connectivity index (χ0n) is 10.5. The molecule has 0 aliphatic heterocycles. The van der Waals surface area contributed by atoms with E-state index < -0.39 is 0 Å². The molecule has 0 unspecified atom stereocenters. The number of rotatable bonds is 7. The number of benzene rings is 1. The topological polar surface area (TPSA) is 29.5 Å². The van der Waals surface area contributed by atoms with Crippen molar-refractivity contribution in [2.24, 2.45) is 0 Å². The second kappa shape index (κ2) is 7.14. The lowest BCUT2D eigenvalue weighted by Crippen LogP contribution is -2.34. The SMILES string of the molecule is CO[C@@](C)(CBr)C[C@H](O)CCc1ccccc1. The number of alkyl halides is 1. The van der Waals surface area contributed by atoms with Gasteiger partial charge in [-0.15, -0.1) is 0 Å². The summed E-state index contributed by atoms with van der Waals surface area (Å²) < 4.78 is 5.40. The van der Waals surface area contributed by atoms with Crippen molar-refractivity contribution < 1.29 is 9.84 Å². The molecule has 2 atom stereocenters. The second-order valence-corrected chi connectivity index (χ2v) is 5.23. The lowest BCUT2D eigenvalue weighted by Gasteiger charge is -2.28. The Morgan fingerprint density at radius 1 is 1.35 bits per heavy atom. The number of ether oxygens (including phenoxy) is 1. The Morgan fingerprint density at radius 3 is 2.53 bits per heavy atom. The van der Waals surface area contributed by atoms with Gasteiger partial charge in [0, 0.05) is 18.9 Å². The monoisotopic (exact) mass is 300 g/mol. The summed E-state index contributed by atoms with van der Waals surface area (Å²) in [6, 6.07) is 10.2. The fourth-order valence-corrected chi connectivity index (χ4v) is 2.23. The van der Waals surface area contributed by atoms with E-state index in [1.807, 2.05) is 25.1 Å². The molecule has 3 heteroatoms. The molecule has 2 nitrogen and oxygen atoms in total. The molecule has 0 aromatic heterocycles. The number of aliphatic hydroxyl groups is 1. The zero-order valence-corrected chi connectivity index (χ0v) is 12.1. The van der Waals surface area contributed by atoms with Crippen LogP contribution in [-0.4, -0.2) is 29.3 Å². The van der Waals surface area contributed by atoms with Crippen LogP contribution >= 0.6 is 15.9 Å². The molecule has 0 amide bonds. The van der Waals surface area contributed by atoms with Gasteiger partial charge < -0.3 is 9.84 Å². The number of methoxy groups -OCH3 is 1. The van der Waals surface area contributed by atoms with Gasteiger partial charge in [-0.3, -0.25) is 0 Å². The lowest BCUT2D eigenvalue weighted by atomic mass is 9.96. The van der Waals surface area contributed by atoms with E-state index in [9.17, 15) is 5.11 Å². The quantitative estimate of drug-likeness (QED) is 0.784. The number of aliphatic hydroxyl groups excluding tert-OH is 1. The average molecular weight is 301 g/mol. The van der Waals surface area contributed by atoms with E-state index in [2.05, 4.69) is 28.1 Å². The molecule has 0 aliphatic rings. The minimum atomic E-state index is -0.322. The van der Waals surface area contributed by atoms with Gasteiger partial charge in [0.2, 0.25) is 0 Å². The second-order valence-electron chi connectivity index (χ2n) is 4.67. The van der Waals surface area contributed by atoms with Crippen LogP contribution in [0.2, 0.25) is 0 Å². The van der Waals surface area contributed by atoms with E-state index in [-0.39, 0.29) is 11.7 Å². The maximum atomic E-state index is 10.0. The molecule has 1 N–H and O–H groups in total. The number of hydrogen-bond acceptors (Lipinski definition) is 2. The zero-order chi connectivity index (χ0) is 12.7. The highest BCUT2D eigenvalue weighted by atomic mass is 79.9. The summed E-state index contributed by atoms with van der Waals surface area (Å²) in [7, 11) is 1.69. The van der Waals surface area contributed by atoms with Gasteiger partial charge >= 0.3 is 0 Å². The van der Waals surface area contributed by atoms with Gasteiger partial charge in [0.15, 0.2) is 0 Å².